The third-order valence-electron chi connectivity index (χ3n) is 3.08. The number of nitrogens with one attached hydrogen (secondary N) is 2. The highest BCUT2D eigenvalue weighted by molar-refractivity contribution is 7.09. The number of carbonyl (C=O) groups excluding carboxylic acids is 1. The van der Waals surface area contributed by atoms with Gasteiger partial charge < -0.3 is 10.6 Å². The summed E-state index contributed by atoms with van der Waals surface area (Å²) in [6.07, 6.45) is 1.02. The van der Waals surface area contributed by atoms with Crippen LogP contribution in [-0.2, 0) is 6.54 Å². The van der Waals surface area contributed by atoms with Crippen LogP contribution in [0.15, 0.2) is 23.6 Å². The molecule has 0 saturated carbocycles. The quantitative estimate of drug-likeness (QED) is 0.858. The summed E-state index contributed by atoms with van der Waals surface area (Å²) < 4.78 is 0. The molecule has 0 radical (unpaired) electrons. The number of amides is 1. The lowest BCUT2D eigenvalue weighted by Crippen LogP contribution is -2.24. The second-order valence-electron chi connectivity index (χ2n) is 5.02. The number of carbonyl (C=O) groups is 1. The van der Waals surface area contributed by atoms with Gasteiger partial charge in [-0.15, -0.1) is 11.3 Å². The lowest BCUT2D eigenvalue weighted by Gasteiger charge is -2.12. The van der Waals surface area contributed by atoms with Gasteiger partial charge in [0.05, 0.1) is 22.8 Å². The van der Waals surface area contributed by atoms with Gasteiger partial charge >= 0.3 is 0 Å². The Hall–Kier alpha value is -1.88. The molecule has 2 rings (SSSR count). The largest absolute Gasteiger partial charge is 0.384 e. The average Bonchev–Trinajstić information content (AvgIpc) is 2.89. The third kappa shape index (κ3) is 4.29. The van der Waals surface area contributed by atoms with Crippen molar-refractivity contribution in [3.05, 3.63) is 45.4 Å². The number of hydrogen-bond donors (Lipinski definition) is 2. The van der Waals surface area contributed by atoms with Gasteiger partial charge in [-0.3, -0.25) is 4.79 Å². The van der Waals surface area contributed by atoms with Crippen molar-refractivity contribution in [3.63, 3.8) is 0 Å². The highest BCUT2D eigenvalue weighted by Crippen LogP contribution is 2.18. The molecule has 0 bridgehead atoms. The Morgan fingerprint density at radius 1 is 1.33 bits per heavy atom. The smallest absolute Gasteiger partial charge is 0.253 e. The van der Waals surface area contributed by atoms with E-state index >= 15 is 0 Å². The van der Waals surface area contributed by atoms with Gasteiger partial charge in [0.1, 0.15) is 0 Å². The zero-order chi connectivity index (χ0) is 15.2. The summed E-state index contributed by atoms with van der Waals surface area (Å²) in [4.78, 5) is 16.7. The molecule has 0 aliphatic heterocycles. The van der Waals surface area contributed by atoms with Crippen molar-refractivity contribution in [1.29, 1.82) is 0 Å². The molecule has 4 nitrogen and oxygen atoms in total. The first kappa shape index (κ1) is 15.5. The Labute approximate surface area is 129 Å². The molecule has 0 saturated heterocycles. The van der Waals surface area contributed by atoms with Crippen LogP contribution < -0.4 is 10.6 Å². The number of hydrogen-bond acceptors (Lipinski definition) is 4. The maximum atomic E-state index is 12.4. The predicted octanol–water partition coefficient (Wildman–Crippen LogP) is 3.51. The van der Waals surface area contributed by atoms with E-state index in [-0.39, 0.29) is 5.91 Å². The van der Waals surface area contributed by atoms with Crippen LogP contribution in [0.3, 0.4) is 0 Å². The van der Waals surface area contributed by atoms with E-state index in [0.717, 1.165) is 34.9 Å². The van der Waals surface area contributed by atoms with Crippen molar-refractivity contribution >= 4 is 22.9 Å². The normalized spacial score (nSPS) is 10.4. The summed E-state index contributed by atoms with van der Waals surface area (Å²) in [5.41, 5.74) is 3.55. The average molecular weight is 303 g/mol. The van der Waals surface area contributed by atoms with Crippen LogP contribution in [0.1, 0.15) is 40.0 Å². The Kier molecular flexibility index (Phi) is 5.33. The van der Waals surface area contributed by atoms with Gasteiger partial charge in [-0.25, -0.2) is 4.98 Å². The Morgan fingerprint density at radius 2 is 2.14 bits per heavy atom. The standard InChI is InChI=1S/C16H21N3OS/c1-4-7-17-15-6-5-11(2)8-14(15)16(20)18-9-13-10-21-12(3)19-13/h5-6,8,10,17H,4,7,9H2,1-3H3,(H,18,20). The monoisotopic (exact) mass is 303 g/mol. The van der Waals surface area contributed by atoms with Crippen molar-refractivity contribution in [2.75, 3.05) is 11.9 Å². The van der Waals surface area contributed by atoms with Crippen molar-refractivity contribution in [1.82, 2.24) is 10.3 Å². The minimum atomic E-state index is -0.0667. The van der Waals surface area contributed by atoms with Crippen molar-refractivity contribution in [2.45, 2.75) is 33.7 Å². The number of anilines is 1. The molecule has 1 aromatic carbocycles. The van der Waals surface area contributed by atoms with E-state index < -0.39 is 0 Å². The van der Waals surface area contributed by atoms with Crippen LogP contribution in [0.4, 0.5) is 5.69 Å². The van der Waals surface area contributed by atoms with Gasteiger partial charge in [0.15, 0.2) is 0 Å². The van der Waals surface area contributed by atoms with Gasteiger partial charge in [-0.1, -0.05) is 18.6 Å². The number of aryl methyl sites for hydroxylation is 2. The number of nitrogens with zero attached hydrogens (tertiary/aromatic N) is 1. The number of benzene rings is 1. The van der Waals surface area contributed by atoms with Gasteiger partial charge in [-0.2, -0.15) is 0 Å². The van der Waals surface area contributed by atoms with E-state index in [1.807, 2.05) is 37.4 Å². The maximum absolute atomic E-state index is 12.4. The van der Waals surface area contributed by atoms with Crippen molar-refractivity contribution in [3.8, 4) is 0 Å². The van der Waals surface area contributed by atoms with Gasteiger partial charge in [-0.05, 0) is 32.4 Å². The Balaban J connectivity index is 2.08. The summed E-state index contributed by atoms with van der Waals surface area (Å²) in [6, 6.07) is 5.89. The summed E-state index contributed by atoms with van der Waals surface area (Å²) in [5, 5.41) is 9.23. The van der Waals surface area contributed by atoms with E-state index in [1.54, 1.807) is 11.3 Å². The number of aromatic nitrogens is 1. The number of rotatable bonds is 6. The second kappa shape index (κ2) is 7.22. The summed E-state index contributed by atoms with van der Waals surface area (Å²) in [7, 11) is 0. The highest BCUT2D eigenvalue weighted by Gasteiger charge is 2.12. The molecule has 1 aromatic heterocycles. The van der Waals surface area contributed by atoms with Crippen LogP contribution in [0, 0.1) is 13.8 Å². The lowest BCUT2D eigenvalue weighted by atomic mass is 10.1. The summed E-state index contributed by atoms with van der Waals surface area (Å²) >= 11 is 1.59. The second-order valence-corrected chi connectivity index (χ2v) is 6.08. The molecule has 21 heavy (non-hydrogen) atoms. The molecule has 0 aliphatic carbocycles. The van der Waals surface area contributed by atoms with Gasteiger partial charge in [0.2, 0.25) is 0 Å². The molecule has 0 unspecified atom stereocenters. The van der Waals surface area contributed by atoms with E-state index in [2.05, 4.69) is 22.5 Å². The zero-order valence-electron chi connectivity index (χ0n) is 12.7. The van der Waals surface area contributed by atoms with E-state index in [4.69, 9.17) is 0 Å². The summed E-state index contributed by atoms with van der Waals surface area (Å²) in [6.45, 7) is 7.37. The first-order valence-corrected chi connectivity index (χ1v) is 8.02. The lowest BCUT2D eigenvalue weighted by molar-refractivity contribution is 0.0951. The fourth-order valence-electron chi connectivity index (χ4n) is 2.02. The Morgan fingerprint density at radius 3 is 2.81 bits per heavy atom. The number of thiazole rings is 1. The topological polar surface area (TPSA) is 54.0 Å². The summed E-state index contributed by atoms with van der Waals surface area (Å²) in [5.74, 6) is -0.0667. The van der Waals surface area contributed by atoms with Gasteiger partial charge in [0.25, 0.3) is 5.91 Å². The van der Waals surface area contributed by atoms with E-state index in [1.165, 1.54) is 0 Å². The van der Waals surface area contributed by atoms with Crippen LogP contribution >= 0.6 is 11.3 Å². The minimum absolute atomic E-state index is 0.0667. The molecule has 0 spiro atoms. The first-order valence-electron chi connectivity index (χ1n) is 7.14. The van der Waals surface area contributed by atoms with Gasteiger partial charge in [0, 0.05) is 17.6 Å². The first-order chi connectivity index (χ1) is 10.1. The molecule has 0 atom stereocenters. The van der Waals surface area contributed by atoms with Crippen LogP contribution in [-0.4, -0.2) is 17.4 Å². The van der Waals surface area contributed by atoms with E-state index in [0.29, 0.717) is 12.1 Å². The fourth-order valence-corrected chi connectivity index (χ4v) is 2.63. The molecule has 2 N–H and O–H groups in total. The maximum Gasteiger partial charge on any atom is 0.253 e. The molecule has 0 fully saturated rings. The molecule has 112 valence electrons. The zero-order valence-corrected chi connectivity index (χ0v) is 13.5. The molecule has 5 heteroatoms. The molecule has 2 aromatic rings. The van der Waals surface area contributed by atoms with Crippen LogP contribution in [0.25, 0.3) is 0 Å². The highest BCUT2D eigenvalue weighted by atomic mass is 32.1. The molecule has 1 amide bonds. The molecular weight excluding hydrogens is 282 g/mol. The third-order valence-corrected chi connectivity index (χ3v) is 3.90. The van der Waals surface area contributed by atoms with Crippen LogP contribution in [0.2, 0.25) is 0 Å². The Bertz CT molecular complexity index is 622. The minimum Gasteiger partial charge on any atom is -0.384 e. The molecule has 1 heterocycles. The van der Waals surface area contributed by atoms with Crippen LogP contribution in [0.5, 0.6) is 0 Å². The van der Waals surface area contributed by atoms with Crippen molar-refractivity contribution in [2.24, 2.45) is 0 Å². The SMILES string of the molecule is CCCNc1ccc(C)cc1C(=O)NCc1csc(C)n1. The van der Waals surface area contributed by atoms with Crippen molar-refractivity contribution < 1.29 is 4.79 Å². The predicted molar refractivity (Wildman–Crippen MR) is 88.0 cm³/mol. The molecule has 0 aliphatic rings. The van der Waals surface area contributed by atoms with E-state index in [9.17, 15) is 4.79 Å². The fraction of sp³-hybridized carbons (Fsp3) is 0.375. The molecular formula is C16H21N3OS.